The number of nitrogens with zero attached hydrogens (tertiary/aromatic N) is 2. The molecule has 0 saturated carbocycles. The first kappa shape index (κ1) is 13.5. The van der Waals surface area contributed by atoms with Gasteiger partial charge in [0.25, 0.3) is 0 Å². The fourth-order valence-electron chi connectivity index (χ4n) is 2.45. The van der Waals surface area contributed by atoms with E-state index in [4.69, 9.17) is 5.11 Å². The number of halogens is 1. The average molecular weight is 316 g/mol. The minimum absolute atomic E-state index is 0.0725. The van der Waals surface area contributed by atoms with Gasteiger partial charge in [0, 0.05) is 6.54 Å². The maximum absolute atomic E-state index is 11.1. The van der Waals surface area contributed by atoms with Crippen molar-refractivity contribution in [2.24, 2.45) is 0 Å². The predicted octanol–water partition coefficient (Wildman–Crippen LogP) is 2.32. The largest absolute Gasteiger partial charge is 0.480 e. The van der Waals surface area contributed by atoms with Crippen LogP contribution in [-0.4, -0.2) is 26.9 Å². The molecule has 0 aromatic carbocycles. The van der Waals surface area contributed by atoms with Gasteiger partial charge in [-0.25, -0.2) is 0 Å². The van der Waals surface area contributed by atoms with Gasteiger partial charge < -0.3 is 5.11 Å². The molecule has 0 amide bonds. The third-order valence-electron chi connectivity index (χ3n) is 3.28. The second-order valence-corrected chi connectivity index (χ2v) is 5.50. The number of aliphatic carboxylic acids is 1. The van der Waals surface area contributed by atoms with E-state index >= 15 is 0 Å². The van der Waals surface area contributed by atoms with Crippen LogP contribution in [0.5, 0.6) is 0 Å². The lowest BCUT2D eigenvalue weighted by molar-refractivity contribution is -0.140. The molecular weight excluding hydrogens is 298 g/mol. The third kappa shape index (κ3) is 2.75. The minimum Gasteiger partial charge on any atom is -0.480 e. The number of carbonyl (C=O) groups is 1. The number of aryl methyl sites for hydroxylation is 1. The zero-order chi connectivity index (χ0) is 13.1. The summed E-state index contributed by atoms with van der Waals surface area (Å²) in [7, 11) is 0. The van der Waals surface area contributed by atoms with E-state index in [9.17, 15) is 4.79 Å². The maximum Gasteiger partial charge on any atom is 0.320 e. The lowest BCUT2D eigenvalue weighted by Gasteiger charge is -2.29. The molecule has 1 aromatic rings. The van der Waals surface area contributed by atoms with Gasteiger partial charge in [0.05, 0.1) is 22.4 Å². The lowest BCUT2D eigenvalue weighted by atomic mass is 9.96. The molecule has 0 spiro atoms. The van der Waals surface area contributed by atoms with E-state index in [0.29, 0.717) is 6.42 Å². The Morgan fingerprint density at radius 1 is 1.67 bits per heavy atom. The Labute approximate surface area is 115 Å². The molecule has 2 N–H and O–H groups in total. The summed E-state index contributed by atoms with van der Waals surface area (Å²) < 4.78 is 2.92. The van der Waals surface area contributed by atoms with Gasteiger partial charge >= 0.3 is 5.97 Å². The Morgan fingerprint density at radius 3 is 3.11 bits per heavy atom. The molecule has 2 atom stereocenters. The number of carboxylic acids is 1. The standard InChI is InChI=1S/C12H18BrN3O2/c1-2-6-16-11(8(13)7-14-16)9-4-3-5-10(15-9)12(17)18/h7,9-10,15H,2-6H2,1H3,(H,17,18). The van der Waals surface area contributed by atoms with Crippen molar-refractivity contribution < 1.29 is 9.90 Å². The number of nitrogens with one attached hydrogen (secondary N) is 1. The Kier molecular flexibility index (Phi) is 4.40. The summed E-state index contributed by atoms with van der Waals surface area (Å²) in [5.41, 5.74) is 1.07. The van der Waals surface area contributed by atoms with Crippen LogP contribution in [0.15, 0.2) is 10.7 Å². The number of hydrogen-bond donors (Lipinski definition) is 2. The quantitative estimate of drug-likeness (QED) is 0.894. The summed E-state index contributed by atoms with van der Waals surface area (Å²) in [6.45, 7) is 2.96. The number of carboxylic acid groups (broad SMARTS) is 1. The Balaban J connectivity index is 2.19. The summed E-state index contributed by atoms with van der Waals surface area (Å²) in [6, 6.07) is -0.371. The summed E-state index contributed by atoms with van der Waals surface area (Å²) in [6.07, 6.45) is 5.38. The molecule has 1 aliphatic heterocycles. The van der Waals surface area contributed by atoms with Crippen molar-refractivity contribution >= 4 is 21.9 Å². The van der Waals surface area contributed by atoms with Crippen molar-refractivity contribution in [1.29, 1.82) is 0 Å². The van der Waals surface area contributed by atoms with Crippen molar-refractivity contribution in [3.05, 3.63) is 16.4 Å². The molecule has 100 valence electrons. The normalized spacial score (nSPS) is 24.1. The number of piperidine rings is 1. The van der Waals surface area contributed by atoms with Crippen LogP contribution >= 0.6 is 15.9 Å². The topological polar surface area (TPSA) is 67.2 Å². The van der Waals surface area contributed by atoms with Gasteiger partial charge in [0.1, 0.15) is 6.04 Å². The van der Waals surface area contributed by atoms with Crippen LogP contribution in [0.3, 0.4) is 0 Å². The van der Waals surface area contributed by atoms with E-state index < -0.39 is 12.0 Å². The lowest BCUT2D eigenvalue weighted by Crippen LogP contribution is -2.43. The van der Waals surface area contributed by atoms with Crippen molar-refractivity contribution in [3.8, 4) is 0 Å². The molecule has 0 radical (unpaired) electrons. The van der Waals surface area contributed by atoms with Gasteiger partial charge in [0.2, 0.25) is 0 Å². The molecule has 18 heavy (non-hydrogen) atoms. The van der Waals surface area contributed by atoms with Crippen molar-refractivity contribution in [2.75, 3.05) is 0 Å². The highest BCUT2D eigenvalue weighted by Gasteiger charge is 2.29. The fraction of sp³-hybridized carbons (Fsp3) is 0.667. The van der Waals surface area contributed by atoms with Gasteiger partial charge in [-0.3, -0.25) is 14.8 Å². The van der Waals surface area contributed by atoms with Gasteiger partial charge in [-0.05, 0) is 41.6 Å². The molecule has 6 heteroatoms. The molecule has 1 aromatic heterocycles. The van der Waals surface area contributed by atoms with Crippen molar-refractivity contribution in [2.45, 2.75) is 51.2 Å². The summed E-state index contributed by atoms with van der Waals surface area (Å²) in [5.74, 6) is -0.766. The molecule has 0 aliphatic carbocycles. The zero-order valence-corrected chi connectivity index (χ0v) is 12.0. The molecule has 5 nitrogen and oxygen atoms in total. The first-order valence-corrected chi connectivity index (χ1v) is 7.12. The monoisotopic (exact) mass is 315 g/mol. The summed E-state index contributed by atoms with van der Waals surface area (Å²) in [5, 5.41) is 16.6. The molecule has 2 heterocycles. The molecule has 2 unspecified atom stereocenters. The van der Waals surface area contributed by atoms with Crippen LogP contribution in [0, 0.1) is 0 Å². The zero-order valence-electron chi connectivity index (χ0n) is 10.4. The van der Waals surface area contributed by atoms with Crippen LogP contribution in [0.1, 0.15) is 44.3 Å². The van der Waals surface area contributed by atoms with Gasteiger partial charge in [-0.1, -0.05) is 6.92 Å². The molecular formula is C12H18BrN3O2. The van der Waals surface area contributed by atoms with Crippen LogP contribution < -0.4 is 5.32 Å². The Morgan fingerprint density at radius 2 is 2.44 bits per heavy atom. The van der Waals surface area contributed by atoms with E-state index in [-0.39, 0.29) is 6.04 Å². The third-order valence-corrected chi connectivity index (χ3v) is 3.90. The highest BCUT2D eigenvalue weighted by molar-refractivity contribution is 9.10. The van der Waals surface area contributed by atoms with Gasteiger partial charge in [-0.2, -0.15) is 5.10 Å². The molecule has 1 saturated heterocycles. The Hall–Kier alpha value is -0.880. The Bertz CT molecular complexity index is 433. The van der Waals surface area contributed by atoms with E-state index in [1.165, 1.54) is 0 Å². The van der Waals surface area contributed by atoms with Gasteiger partial charge in [-0.15, -0.1) is 0 Å². The first-order chi connectivity index (χ1) is 8.63. The SMILES string of the molecule is CCCn1ncc(Br)c1C1CCCC(C(=O)O)N1. The van der Waals surface area contributed by atoms with Crippen LogP contribution in [0.4, 0.5) is 0 Å². The minimum atomic E-state index is -0.766. The highest BCUT2D eigenvalue weighted by atomic mass is 79.9. The summed E-state index contributed by atoms with van der Waals surface area (Å²) in [4.78, 5) is 11.1. The first-order valence-electron chi connectivity index (χ1n) is 6.33. The van der Waals surface area contributed by atoms with Crippen LogP contribution in [0.25, 0.3) is 0 Å². The molecule has 2 rings (SSSR count). The van der Waals surface area contributed by atoms with E-state index in [2.05, 4.69) is 33.3 Å². The van der Waals surface area contributed by atoms with E-state index in [1.54, 1.807) is 6.20 Å². The maximum atomic E-state index is 11.1. The smallest absolute Gasteiger partial charge is 0.320 e. The second-order valence-electron chi connectivity index (χ2n) is 4.64. The van der Waals surface area contributed by atoms with Crippen molar-refractivity contribution in [3.63, 3.8) is 0 Å². The predicted molar refractivity (Wildman–Crippen MR) is 71.4 cm³/mol. The molecule has 1 fully saturated rings. The number of rotatable bonds is 4. The summed E-state index contributed by atoms with van der Waals surface area (Å²) >= 11 is 3.51. The number of hydrogen-bond acceptors (Lipinski definition) is 3. The van der Waals surface area contributed by atoms with Crippen LogP contribution in [0.2, 0.25) is 0 Å². The van der Waals surface area contributed by atoms with Crippen LogP contribution in [-0.2, 0) is 11.3 Å². The fourth-order valence-corrected chi connectivity index (χ4v) is 3.03. The van der Waals surface area contributed by atoms with E-state index in [0.717, 1.165) is 36.0 Å². The second kappa shape index (κ2) is 5.84. The van der Waals surface area contributed by atoms with E-state index in [1.807, 2.05) is 4.68 Å². The van der Waals surface area contributed by atoms with Gasteiger partial charge in [0.15, 0.2) is 0 Å². The molecule has 1 aliphatic rings. The number of aromatic nitrogens is 2. The average Bonchev–Trinajstić information content (AvgIpc) is 2.71. The molecule has 0 bridgehead atoms. The highest BCUT2D eigenvalue weighted by Crippen LogP contribution is 2.30. The van der Waals surface area contributed by atoms with Crippen molar-refractivity contribution in [1.82, 2.24) is 15.1 Å².